The van der Waals surface area contributed by atoms with Crippen LogP contribution in [0, 0.1) is 13.8 Å². The minimum absolute atomic E-state index is 0.0352. The lowest BCUT2D eigenvalue weighted by atomic mass is 10.0. The number of methoxy groups -OCH3 is 1. The average Bonchev–Trinajstić information content (AvgIpc) is 2.70. The number of carbonyl (C=O) groups is 3. The van der Waals surface area contributed by atoms with Crippen LogP contribution < -0.4 is 15.8 Å². The molecule has 8 heteroatoms. The largest absolute Gasteiger partial charge is 0.488 e. The molecule has 0 fully saturated rings. The minimum Gasteiger partial charge on any atom is -0.488 e. The Balaban J connectivity index is 2.16. The van der Waals surface area contributed by atoms with Gasteiger partial charge in [-0.1, -0.05) is 12.1 Å². The highest BCUT2D eigenvalue weighted by Crippen LogP contribution is 2.27. The molecule has 2 amide bonds. The summed E-state index contributed by atoms with van der Waals surface area (Å²) in [6, 6.07) is 9.57. The maximum absolute atomic E-state index is 11.5. The van der Waals surface area contributed by atoms with Gasteiger partial charge in [0.25, 0.3) is 0 Å². The Morgan fingerprint density at radius 1 is 1.17 bits per heavy atom. The van der Waals surface area contributed by atoms with E-state index in [9.17, 15) is 19.5 Å². The van der Waals surface area contributed by atoms with E-state index in [1.165, 1.54) is 13.2 Å². The molecule has 0 aliphatic carbocycles. The lowest BCUT2D eigenvalue weighted by Crippen LogP contribution is -2.39. The number of ether oxygens (including phenoxy) is 2. The molecule has 4 N–H and O–H groups in total. The molecule has 158 valence electrons. The number of aliphatic hydroxyl groups is 1. The number of nitrogens with one attached hydrogen (secondary N) is 1. The summed E-state index contributed by atoms with van der Waals surface area (Å²) < 4.78 is 10.6. The molecule has 8 nitrogen and oxygen atoms in total. The average molecular weight is 412 g/mol. The van der Waals surface area contributed by atoms with E-state index in [0.717, 1.165) is 16.7 Å². The number of aldehydes is 1. The highest BCUT2D eigenvalue weighted by Gasteiger charge is 2.13. The molecule has 1 atom stereocenters. The van der Waals surface area contributed by atoms with E-state index in [2.05, 4.69) is 4.74 Å². The first kappa shape index (κ1) is 22.6. The summed E-state index contributed by atoms with van der Waals surface area (Å²) in [7, 11) is 1.33. The van der Waals surface area contributed by atoms with Gasteiger partial charge in [-0.15, -0.1) is 0 Å². The summed E-state index contributed by atoms with van der Waals surface area (Å²) in [5.74, 6) is 0.288. The maximum atomic E-state index is 11.5. The molecule has 0 radical (unpaired) electrons. The predicted octanol–water partition coefficient (Wildman–Crippen LogP) is 2.24. The van der Waals surface area contributed by atoms with Crippen molar-refractivity contribution in [2.24, 2.45) is 5.73 Å². The molecule has 1 unspecified atom stereocenters. The van der Waals surface area contributed by atoms with E-state index in [-0.39, 0.29) is 5.57 Å². The molecule has 2 aromatic carbocycles. The van der Waals surface area contributed by atoms with Gasteiger partial charge in [-0.25, -0.2) is 9.59 Å². The van der Waals surface area contributed by atoms with Crippen LogP contribution in [0.4, 0.5) is 4.79 Å². The van der Waals surface area contributed by atoms with Gasteiger partial charge in [0.15, 0.2) is 12.5 Å². The number of esters is 1. The zero-order valence-electron chi connectivity index (χ0n) is 17.0. The first-order valence-electron chi connectivity index (χ1n) is 9.07. The SMILES string of the molecule is COC(=O)c1ccc(COc2c(C)cc(/C=C(\C=O)C(O)NC(N)=O)cc2C)cc1. The van der Waals surface area contributed by atoms with Gasteiger partial charge >= 0.3 is 12.0 Å². The number of amides is 2. The highest BCUT2D eigenvalue weighted by atomic mass is 16.5. The smallest absolute Gasteiger partial charge is 0.337 e. The van der Waals surface area contributed by atoms with Crippen LogP contribution in [-0.4, -0.2) is 36.7 Å². The topological polar surface area (TPSA) is 128 Å². The van der Waals surface area contributed by atoms with E-state index in [1.54, 1.807) is 36.4 Å². The van der Waals surface area contributed by atoms with Crippen molar-refractivity contribution >= 4 is 24.4 Å². The zero-order chi connectivity index (χ0) is 22.3. The standard InChI is InChI=1S/C22H24N2O6/c1-13-8-16(10-18(11-25)20(26)24-22(23)28)9-14(2)19(13)30-12-15-4-6-17(7-5-15)21(27)29-3/h4-11,20,26H,12H2,1-3H3,(H3,23,24,28)/b18-10+. The first-order valence-corrected chi connectivity index (χ1v) is 9.07. The van der Waals surface area contributed by atoms with E-state index in [1.807, 2.05) is 19.2 Å². The monoisotopic (exact) mass is 412 g/mol. The van der Waals surface area contributed by atoms with Crippen LogP contribution in [-0.2, 0) is 16.1 Å². The molecule has 0 saturated carbocycles. The Morgan fingerprint density at radius 2 is 1.77 bits per heavy atom. The second-order valence-corrected chi connectivity index (χ2v) is 6.63. The molecule has 0 aromatic heterocycles. The van der Waals surface area contributed by atoms with E-state index in [4.69, 9.17) is 10.5 Å². The summed E-state index contributed by atoms with van der Waals surface area (Å²) in [5, 5.41) is 11.9. The van der Waals surface area contributed by atoms with Crippen LogP contribution in [0.15, 0.2) is 42.0 Å². The van der Waals surface area contributed by atoms with Crippen molar-refractivity contribution in [3.63, 3.8) is 0 Å². The lowest BCUT2D eigenvalue weighted by Gasteiger charge is -2.15. The van der Waals surface area contributed by atoms with Gasteiger partial charge < -0.3 is 25.6 Å². The summed E-state index contributed by atoms with van der Waals surface area (Å²) in [5.41, 5.74) is 8.59. The van der Waals surface area contributed by atoms with Crippen molar-refractivity contribution in [1.82, 2.24) is 5.32 Å². The van der Waals surface area contributed by atoms with Crippen molar-refractivity contribution in [3.05, 3.63) is 69.8 Å². The van der Waals surface area contributed by atoms with Crippen molar-refractivity contribution in [3.8, 4) is 5.75 Å². The van der Waals surface area contributed by atoms with Gasteiger partial charge in [0, 0.05) is 5.57 Å². The van der Waals surface area contributed by atoms with Crippen LogP contribution in [0.2, 0.25) is 0 Å². The second kappa shape index (κ2) is 10.2. The molecule has 0 aliphatic rings. The number of nitrogens with two attached hydrogens (primary N) is 1. The fourth-order valence-electron chi connectivity index (χ4n) is 2.89. The molecule has 0 bridgehead atoms. The molecular formula is C22H24N2O6. The maximum Gasteiger partial charge on any atom is 0.337 e. The van der Waals surface area contributed by atoms with Crippen molar-refractivity contribution in [2.45, 2.75) is 26.7 Å². The fraction of sp³-hybridized carbons (Fsp3) is 0.227. The number of hydrogen-bond donors (Lipinski definition) is 3. The van der Waals surface area contributed by atoms with E-state index < -0.39 is 18.2 Å². The Bertz CT molecular complexity index is 943. The number of urea groups is 1. The van der Waals surface area contributed by atoms with Crippen LogP contribution in [0.5, 0.6) is 5.75 Å². The summed E-state index contributed by atoms with van der Waals surface area (Å²) >= 11 is 0. The second-order valence-electron chi connectivity index (χ2n) is 6.63. The number of carbonyl (C=O) groups excluding carboxylic acids is 3. The van der Waals surface area contributed by atoms with Crippen LogP contribution in [0.3, 0.4) is 0 Å². The number of benzene rings is 2. The highest BCUT2D eigenvalue weighted by molar-refractivity contribution is 5.89. The molecule has 0 saturated heterocycles. The Hall–Kier alpha value is -3.65. The molecule has 0 aliphatic heterocycles. The summed E-state index contributed by atoms with van der Waals surface area (Å²) in [4.78, 5) is 33.6. The summed E-state index contributed by atoms with van der Waals surface area (Å²) in [6.07, 6.45) is 0.417. The van der Waals surface area contributed by atoms with E-state index in [0.29, 0.717) is 29.8 Å². The number of aryl methyl sites for hydroxylation is 2. The zero-order valence-corrected chi connectivity index (χ0v) is 17.0. The Morgan fingerprint density at radius 3 is 2.27 bits per heavy atom. The Labute approximate surface area is 174 Å². The lowest BCUT2D eigenvalue weighted by molar-refractivity contribution is -0.105. The van der Waals surface area contributed by atoms with Gasteiger partial charge in [0.1, 0.15) is 12.4 Å². The molecule has 2 rings (SSSR count). The number of primary amides is 1. The number of hydrogen-bond acceptors (Lipinski definition) is 6. The first-order chi connectivity index (χ1) is 14.2. The van der Waals surface area contributed by atoms with Gasteiger partial charge in [-0.2, -0.15) is 0 Å². The minimum atomic E-state index is -1.50. The molecule has 2 aromatic rings. The van der Waals surface area contributed by atoms with Crippen molar-refractivity contribution in [1.29, 1.82) is 0 Å². The third-order valence-electron chi connectivity index (χ3n) is 4.30. The van der Waals surface area contributed by atoms with Crippen LogP contribution in [0.1, 0.15) is 32.6 Å². The van der Waals surface area contributed by atoms with Crippen LogP contribution >= 0.6 is 0 Å². The van der Waals surface area contributed by atoms with Gasteiger partial charge in [-0.3, -0.25) is 4.79 Å². The normalized spacial score (nSPS) is 12.1. The number of aliphatic hydroxyl groups excluding tert-OH is 1. The van der Waals surface area contributed by atoms with Gasteiger partial charge in [0.2, 0.25) is 0 Å². The quantitative estimate of drug-likeness (QED) is 0.264. The molecule has 30 heavy (non-hydrogen) atoms. The predicted molar refractivity (Wildman–Crippen MR) is 111 cm³/mol. The fourth-order valence-corrected chi connectivity index (χ4v) is 2.89. The van der Waals surface area contributed by atoms with E-state index >= 15 is 0 Å². The molecule has 0 heterocycles. The van der Waals surface area contributed by atoms with Gasteiger partial charge in [-0.05, 0) is 66.4 Å². The van der Waals surface area contributed by atoms with Crippen LogP contribution in [0.25, 0.3) is 6.08 Å². The number of rotatable bonds is 8. The molecular weight excluding hydrogens is 388 g/mol. The van der Waals surface area contributed by atoms with Crippen molar-refractivity contribution < 1.29 is 29.0 Å². The third-order valence-corrected chi connectivity index (χ3v) is 4.30. The van der Waals surface area contributed by atoms with Crippen molar-refractivity contribution in [2.75, 3.05) is 7.11 Å². The Kier molecular flexibility index (Phi) is 7.71. The third kappa shape index (κ3) is 5.92. The molecule has 0 spiro atoms. The van der Waals surface area contributed by atoms with Gasteiger partial charge in [0.05, 0.1) is 12.7 Å². The summed E-state index contributed by atoms with van der Waals surface area (Å²) in [6.45, 7) is 4.02.